The molecule has 5 aliphatic rings. The van der Waals surface area contributed by atoms with Gasteiger partial charge in [-0.25, -0.2) is 11.6 Å². The third-order valence-electron chi connectivity index (χ3n) is 11.9. The van der Waals surface area contributed by atoms with Gasteiger partial charge in [0.2, 0.25) is 0 Å². The molecule has 0 unspecified atom stereocenters. The Balaban J connectivity index is 0.000000121. The van der Waals surface area contributed by atoms with Crippen molar-refractivity contribution >= 4 is 24.8 Å². The summed E-state index contributed by atoms with van der Waals surface area (Å²) < 4.78 is 1.42. The third-order valence-corrected chi connectivity index (χ3v) is 13.3. The Hall–Kier alpha value is -3.02. The Morgan fingerprint density at radius 2 is 1.08 bits per heavy atom. The van der Waals surface area contributed by atoms with Crippen molar-refractivity contribution in [1.29, 1.82) is 0 Å². The van der Waals surface area contributed by atoms with E-state index in [4.69, 9.17) is 0 Å². The van der Waals surface area contributed by atoms with Crippen LogP contribution < -0.4 is 0 Å². The van der Waals surface area contributed by atoms with Crippen LogP contribution in [-0.2, 0) is 35.1 Å². The summed E-state index contributed by atoms with van der Waals surface area (Å²) in [7, 11) is 0. The Morgan fingerprint density at radius 1 is 0.640 bits per heavy atom. The third kappa shape index (κ3) is 7.60. The summed E-state index contributed by atoms with van der Waals surface area (Å²) in [6.45, 7) is 13.6. The van der Waals surface area contributed by atoms with E-state index in [2.05, 4.69) is 163 Å². The van der Waals surface area contributed by atoms with Gasteiger partial charge < -0.3 is 0 Å². The first-order valence-electron chi connectivity index (χ1n) is 19.0. The van der Waals surface area contributed by atoms with E-state index in [0.717, 1.165) is 24.2 Å². The summed E-state index contributed by atoms with van der Waals surface area (Å²) >= 11 is 1.46. The normalized spacial score (nSPS) is 23.7. The van der Waals surface area contributed by atoms with Gasteiger partial charge in [0.05, 0.1) is 0 Å². The Bertz CT molecular complexity index is 1870. The van der Waals surface area contributed by atoms with Crippen LogP contribution in [0.1, 0.15) is 109 Å². The maximum atomic E-state index is 3.62. The average Bonchev–Trinajstić information content (AvgIpc) is 3.77. The van der Waals surface area contributed by atoms with Gasteiger partial charge in [0, 0.05) is 0 Å². The summed E-state index contributed by atoms with van der Waals surface area (Å²) in [6.07, 6.45) is 18.5. The zero-order valence-corrected chi connectivity index (χ0v) is 33.6. The predicted octanol–water partition coefficient (Wildman–Crippen LogP) is 13.0. The molecule has 0 radical (unpaired) electrons. The molecule has 5 aliphatic carbocycles. The van der Waals surface area contributed by atoms with Crippen molar-refractivity contribution in [2.75, 3.05) is 0 Å². The van der Waals surface area contributed by atoms with Crippen molar-refractivity contribution in [1.82, 2.24) is 0 Å². The van der Waals surface area contributed by atoms with Gasteiger partial charge in [-0.3, -0.25) is 6.08 Å². The second-order valence-corrected chi connectivity index (χ2v) is 19.0. The number of benzene rings is 4. The number of hydrogen-bond acceptors (Lipinski definition) is 0. The van der Waals surface area contributed by atoms with Crippen molar-refractivity contribution in [2.45, 2.75) is 97.3 Å². The molecule has 0 heterocycles. The second-order valence-electron chi connectivity index (χ2n) is 17.8. The van der Waals surface area contributed by atoms with Crippen LogP contribution in [0.3, 0.4) is 0 Å². The maximum absolute atomic E-state index is 3.62. The molecule has 4 fully saturated rings. The minimum atomic E-state index is 0.203. The summed E-state index contributed by atoms with van der Waals surface area (Å²) in [5.74, 6) is 3.21. The molecule has 0 N–H and O–H groups in total. The second kappa shape index (κ2) is 14.2. The fraction of sp³-hybridized carbons (Fsp3) is 0.388. The molecule has 1 heteroatoms. The first-order chi connectivity index (χ1) is 23.9. The first kappa shape index (κ1) is 35.4. The van der Waals surface area contributed by atoms with E-state index in [1.807, 2.05) is 0 Å². The Kier molecular flexibility index (Phi) is 10.0. The molecule has 254 valence electrons. The van der Waals surface area contributed by atoms with Gasteiger partial charge in [-0.05, 0) is 72.5 Å². The fourth-order valence-corrected chi connectivity index (χ4v) is 10.4. The van der Waals surface area contributed by atoms with Gasteiger partial charge in [0.25, 0.3) is 0 Å². The van der Waals surface area contributed by atoms with Crippen LogP contribution in [0, 0.1) is 29.2 Å². The van der Waals surface area contributed by atoms with E-state index in [1.165, 1.54) is 90.5 Å². The molecule has 0 aromatic heterocycles. The Morgan fingerprint density at radius 3 is 1.46 bits per heavy atom. The van der Waals surface area contributed by atoms with E-state index in [1.54, 1.807) is 24.8 Å². The molecular formula is C49H54Zr. The molecule has 0 saturated heterocycles. The van der Waals surface area contributed by atoms with Gasteiger partial charge >= 0.3 is 99.2 Å². The van der Waals surface area contributed by atoms with Crippen molar-refractivity contribution in [3.63, 3.8) is 0 Å². The van der Waals surface area contributed by atoms with Crippen LogP contribution in [0.4, 0.5) is 0 Å². The van der Waals surface area contributed by atoms with Crippen molar-refractivity contribution in [2.24, 2.45) is 23.2 Å². The quantitative estimate of drug-likeness (QED) is 0.162. The molecule has 5 aromatic rings. The van der Waals surface area contributed by atoms with Crippen LogP contribution in [0.15, 0.2) is 121 Å². The van der Waals surface area contributed by atoms with Gasteiger partial charge in [0.1, 0.15) is 0 Å². The van der Waals surface area contributed by atoms with Crippen molar-refractivity contribution in [3.8, 4) is 0 Å². The van der Waals surface area contributed by atoms with E-state index < -0.39 is 0 Å². The average molecular weight is 734 g/mol. The van der Waals surface area contributed by atoms with E-state index in [-0.39, 0.29) is 10.8 Å². The van der Waals surface area contributed by atoms with E-state index >= 15 is 0 Å². The topological polar surface area (TPSA) is 0 Å². The number of fused-ring (bicyclic) bond motifs is 3. The molecule has 4 saturated carbocycles. The molecule has 0 aliphatic heterocycles. The molecule has 0 amide bonds. The molecule has 4 bridgehead atoms. The molecule has 50 heavy (non-hydrogen) atoms. The van der Waals surface area contributed by atoms with Crippen molar-refractivity contribution < 1.29 is 24.2 Å². The predicted molar refractivity (Wildman–Crippen MR) is 212 cm³/mol. The SMILES string of the molecule is CC(C)(C)c1ccc2c(c1)[cH-]c1cc(C(C)(C)C)ccc12.[C-]1=C(C23CC4CC(CC(C4)C2)C3)C=CC1.[Zr+2]=[C](c1ccccc1)c1ccccc1. The summed E-state index contributed by atoms with van der Waals surface area (Å²) in [4.78, 5) is 0. The van der Waals surface area contributed by atoms with Crippen LogP contribution in [0.25, 0.3) is 21.5 Å². The monoisotopic (exact) mass is 732 g/mol. The molecule has 10 rings (SSSR count). The first-order valence-corrected chi connectivity index (χ1v) is 20.2. The fourth-order valence-electron chi connectivity index (χ4n) is 9.54. The molecule has 0 atom stereocenters. The number of hydrogen-bond donors (Lipinski definition) is 0. The zero-order valence-electron chi connectivity index (χ0n) is 31.2. The standard InChI is InChI=1S/C21H25.C15H19.C13H10.Zr/c1-20(2,3)16-7-9-18-14(12-16)11-15-13-17(21(4,5)6)8-10-19(15)18;1-2-4-14(3-1)15-8-11-5-12(9-15)7-13(6-11)10-15;1-3-7-12(8-4-1)11-13-9-5-2-6-10-13;/h7-13H,1-6H3;1,3,11-13H,2,5-10H2;1-10H;/q2*-1;;+2. The summed E-state index contributed by atoms with van der Waals surface area (Å²) in [6, 6.07) is 37.3. The number of allylic oxidation sites excluding steroid dienone is 4. The van der Waals surface area contributed by atoms with Crippen LogP contribution >= 0.6 is 0 Å². The van der Waals surface area contributed by atoms with Crippen LogP contribution in [0.2, 0.25) is 0 Å². The summed E-state index contributed by atoms with van der Waals surface area (Å²) in [5.41, 5.74) is 8.07. The molecule has 5 aromatic carbocycles. The van der Waals surface area contributed by atoms with Crippen molar-refractivity contribution in [3.05, 3.63) is 149 Å². The minimum absolute atomic E-state index is 0.203. The summed E-state index contributed by atoms with van der Waals surface area (Å²) in [5, 5.41) is 5.48. The van der Waals surface area contributed by atoms with Crippen LogP contribution in [0.5, 0.6) is 0 Å². The van der Waals surface area contributed by atoms with Crippen LogP contribution in [-0.4, -0.2) is 3.21 Å². The van der Waals surface area contributed by atoms with Gasteiger partial charge in [-0.1, -0.05) is 76.9 Å². The zero-order chi connectivity index (χ0) is 35.1. The van der Waals surface area contributed by atoms with E-state index in [0.29, 0.717) is 5.41 Å². The molecule has 0 spiro atoms. The van der Waals surface area contributed by atoms with E-state index in [9.17, 15) is 0 Å². The number of rotatable bonds is 3. The van der Waals surface area contributed by atoms with Gasteiger partial charge in [-0.15, -0.1) is 46.2 Å². The Labute approximate surface area is 316 Å². The molecular weight excluding hydrogens is 680 g/mol. The van der Waals surface area contributed by atoms with Gasteiger partial charge in [0.15, 0.2) is 0 Å². The molecule has 0 nitrogen and oxygen atoms in total. The van der Waals surface area contributed by atoms with Gasteiger partial charge in [-0.2, -0.15) is 6.08 Å².